The summed E-state index contributed by atoms with van der Waals surface area (Å²) in [5, 5.41) is 9.63. The van der Waals surface area contributed by atoms with Crippen LogP contribution in [0.5, 0.6) is 0 Å². The van der Waals surface area contributed by atoms with Gasteiger partial charge in [-0.05, 0) is 18.9 Å². The molecular weight excluding hydrogens is 364 g/mol. The average Bonchev–Trinajstić information content (AvgIpc) is 3.01. The quantitative estimate of drug-likeness (QED) is 0.726. The van der Waals surface area contributed by atoms with Crippen molar-refractivity contribution in [1.29, 1.82) is 0 Å². The Morgan fingerprint density at radius 1 is 1.22 bits per heavy atom. The molecule has 1 saturated heterocycles. The molecule has 7 nitrogen and oxygen atoms in total. The maximum absolute atomic E-state index is 13.0. The van der Waals surface area contributed by atoms with Gasteiger partial charge in [0.1, 0.15) is 4.83 Å². The number of β-amino-alcohol motifs (C(OH)–C–C–N with tert-alkyl or cyclic N) is 1. The summed E-state index contributed by atoms with van der Waals surface area (Å²) in [4.78, 5) is 35.5. The molecule has 2 aromatic rings. The van der Waals surface area contributed by atoms with Gasteiger partial charge in [0, 0.05) is 39.3 Å². The van der Waals surface area contributed by atoms with E-state index in [2.05, 4.69) is 16.8 Å². The number of rotatable bonds is 7. The highest BCUT2D eigenvalue weighted by atomic mass is 32.1. The first-order valence-corrected chi connectivity index (χ1v) is 10.5. The van der Waals surface area contributed by atoms with Crippen molar-refractivity contribution in [2.75, 3.05) is 39.3 Å². The van der Waals surface area contributed by atoms with Crippen LogP contribution in [0.4, 0.5) is 0 Å². The first-order chi connectivity index (χ1) is 13.1. The van der Waals surface area contributed by atoms with Crippen molar-refractivity contribution in [3.63, 3.8) is 0 Å². The highest BCUT2D eigenvalue weighted by Crippen LogP contribution is 2.28. The highest BCUT2D eigenvalue weighted by Gasteiger charge is 2.26. The molecule has 1 amide bonds. The lowest BCUT2D eigenvalue weighted by Gasteiger charge is -2.34. The van der Waals surface area contributed by atoms with E-state index in [1.54, 1.807) is 10.9 Å². The maximum atomic E-state index is 13.0. The monoisotopic (exact) mass is 392 g/mol. The number of amides is 1. The number of aryl methyl sites for hydroxylation is 2. The smallest absolute Gasteiger partial charge is 0.264 e. The largest absolute Gasteiger partial charge is 0.395 e. The number of aliphatic hydroxyl groups is 1. The molecule has 0 atom stereocenters. The van der Waals surface area contributed by atoms with Crippen molar-refractivity contribution in [1.82, 2.24) is 19.4 Å². The third-order valence-corrected chi connectivity index (χ3v) is 6.38. The summed E-state index contributed by atoms with van der Waals surface area (Å²) >= 11 is 1.32. The van der Waals surface area contributed by atoms with Crippen molar-refractivity contribution in [3.8, 4) is 0 Å². The summed E-state index contributed by atoms with van der Waals surface area (Å²) in [6.45, 7) is 8.24. The van der Waals surface area contributed by atoms with Crippen LogP contribution in [0.2, 0.25) is 0 Å². The molecule has 1 fully saturated rings. The summed E-state index contributed by atoms with van der Waals surface area (Å²) < 4.78 is 1.67. The first kappa shape index (κ1) is 20.0. The van der Waals surface area contributed by atoms with E-state index in [0.29, 0.717) is 41.3 Å². The molecule has 2 aromatic heterocycles. The van der Waals surface area contributed by atoms with Gasteiger partial charge in [0.2, 0.25) is 0 Å². The molecule has 3 rings (SSSR count). The summed E-state index contributed by atoms with van der Waals surface area (Å²) in [7, 11) is 0. The van der Waals surface area contributed by atoms with Crippen LogP contribution in [0, 0.1) is 6.92 Å². The fourth-order valence-corrected chi connectivity index (χ4v) is 4.62. The number of hydrogen-bond acceptors (Lipinski definition) is 6. The minimum Gasteiger partial charge on any atom is -0.395 e. The number of fused-ring (bicyclic) bond motifs is 1. The average molecular weight is 393 g/mol. The predicted molar refractivity (Wildman–Crippen MR) is 108 cm³/mol. The van der Waals surface area contributed by atoms with Crippen LogP contribution < -0.4 is 5.56 Å². The van der Waals surface area contributed by atoms with E-state index < -0.39 is 0 Å². The summed E-state index contributed by atoms with van der Waals surface area (Å²) in [6, 6.07) is 0. The Hall–Kier alpha value is -1.77. The first-order valence-electron chi connectivity index (χ1n) is 9.67. The van der Waals surface area contributed by atoms with Crippen LogP contribution in [0.25, 0.3) is 10.2 Å². The summed E-state index contributed by atoms with van der Waals surface area (Å²) in [5.74, 6) is -0.0175. The number of carbonyl (C=O) groups excluding carboxylic acids is 1. The fourth-order valence-electron chi connectivity index (χ4n) is 3.51. The maximum Gasteiger partial charge on any atom is 0.264 e. The van der Waals surface area contributed by atoms with E-state index >= 15 is 0 Å². The molecule has 0 radical (unpaired) electrons. The topological polar surface area (TPSA) is 78.7 Å². The lowest BCUT2D eigenvalue weighted by atomic mass is 10.2. The molecule has 0 spiro atoms. The second kappa shape index (κ2) is 8.95. The van der Waals surface area contributed by atoms with Crippen molar-refractivity contribution in [2.24, 2.45) is 0 Å². The Kier molecular flexibility index (Phi) is 6.62. The fraction of sp³-hybridized carbons (Fsp3) is 0.632. The van der Waals surface area contributed by atoms with Crippen molar-refractivity contribution in [3.05, 3.63) is 27.1 Å². The molecule has 0 aromatic carbocycles. The van der Waals surface area contributed by atoms with Gasteiger partial charge in [-0.2, -0.15) is 0 Å². The van der Waals surface area contributed by atoms with Crippen LogP contribution in [-0.2, 0) is 6.54 Å². The second-order valence-corrected chi connectivity index (χ2v) is 8.04. The molecule has 0 unspecified atom stereocenters. The van der Waals surface area contributed by atoms with E-state index in [0.717, 1.165) is 37.9 Å². The summed E-state index contributed by atoms with van der Waals surface area (Å²) in [6.07, 6.45) is 4.75. The normalized spacial score (nSPS) is 15.6. The number of unbranched alkanes of at least 4 members (excludes halogenated alkanes) is 2. The standard InChI is InChI=1S/C19H28N4O3S/c1-3-4-5-6-23-13-20-17-15(18(23)25)14(2)16(27-17)19(26)22-9-7-21(8-10-22)11-12-24/h13,24H,3-12H2,1-2H3. The molecule has 1 aliphatic heterocycles. The molecular formula is C19H28N4O3S. The SMILES string of the molecule is CCCCCn1cnc2sc(C(=O)N3CCN(CCO)CC3)c(C)c2c1=O. The van der Waals surface area contributed by atoms with Gasteiger partial charge in [0.15, 0.2) is 0 Å². The Morgan fingerprint density at radius 3 is 2.63 bits per heavy atom. The van der Waals surface area contributed by atoms with E-state index in [1.807, 2.05) is 11.8 Å². The Morgan fingerprint density at radius 2 is 1.96 bits per heavy atom. The lowest BCUT2D eigenvalue weighted by molar-refractivity contribution is 0.0619. The van der Waals surface area contributed by atoms with Crippen molar-refractivity contribution >= 4 is 27.5 Å². The molecule has 1 aliphatic rings. The third-order valence-electron chi connectivity index (χ3n) is 5.19. The predicted octanol–water partition coefficient (Wildman–Crippen LogP) is 1.71. The van der Waals surface area contributed by atoms with Crippen LogP contribution in [-0.4, -0.2) is 69.7 Å². The van der Waals surface area contributed by atoms with Gasteiger partial charge in [-0.1, -0.05) is 19.8 Å². The van der Waals surface area contributed by atoms with Gasteiger partial charge >= 0.3 is 0 Å². The van der Waals surface area contributed by atoms with E-state index in [9.17, 15) is 9.59 Å². The molecule has 0 aliphatic carbocycles. The lowest BCUT2D eigenvalue weighted by Crippen LogP contribution is -2.49. The van der Waals surface area contributed by atoms with Gasteiger partial charge in [-0.3, -0.25) is 19.1 Å². The number of nitrogens with zero attached hydrogens (tertiary/aromatic N) is 4. The van der Waals surface area contributed by atoms with Crippen LogP contribution >= 0.6 is 11.3 Å². The van der Waals surface area contributed by atoms with Gasteiger partial charge in [-0.25, -0.2) is 4.98 Å². The number of thiophene rings is 1. The van der Waals surface area contributed by atoms with Gasteiger partial charge in [0.05, 0.1) is 23.2 Å². The number of aliphatic hydroxyl groups excluding tert-OH is 1. The zero-order valence-electron chi connectivity index (χ0n) is 16.1. The van der Waals surface area contributed by atoms with E-state index in [1.165, 1.54) is 11.3 Å². The number of hydrogen-bond donors (Lipinski definition) is 1. The molecule has 8 heteroatoms. The molecule has 0 saturated carbocycles. The van der Waals surface area contributed by atoms with Crippen LogP contribution in [0.1, 0.15) is 41.4 Å². The van der Waals surface area contributed by atoms with Crippen LogP contribution in [0.3, 0.4) is 0 Å². The third kappa shape index (κ3) is 4.23. The number of piperazine rings is 1. The van der Waals surface area contributed by atoms with E-state index in [4.69, 9.17) is 5.11 Å². The minimum absolute atomic E-state index is 0.0175. The highest BCUT2D eigenvalue weighted by molar-refractivity contribution is 7.20. The zero-order valence-corrected chi connectivity index (χ0v) is 16.9. The Bertz CT molecular complexity index is 852. The number of carbonyl (C=O) groups is 1. The Labute approximate surface area is 163 Å². The number of aromatic nitrogens is 2. The van der Waals surface area contributed by atoms with Crippen LogP contribution in [0.15, 0.2) is 11.1 Å². The second-order valence-electron chi connectivity index (χ2n) is 7.04. The van der Waals surface area contributed by atoms with Crippen molar-refractivity contribution < 1.29 is 9.90 Å². The summed E-state index contributed by atoms with van der Waals surface area (Å²) in [5.41, 5.74) is 0.705. The van der Waals surface area contributed by atoms with Gasteiger partial charge in [-0.15, -0.1) is 11.3 Å². The Balaban J connectivity index is 1.81. The molecule has 3 heterocycles. The molecule has 27 heavy (non-hydrogen) atoms. The van der Waals surface area contributed by atoms with Gasteiger partial charge in [0.25, 0.3) is 11.5 Å². The zero-order chi connectivity index (χ0) is 19.4. The van der Waals surface area contributed by atoms with Gasteiger partial charge < -0.3 is 10.0 Å². The van der Waals surface area contributed by atoms with Crippen molar-refractivity contribution in [2.45, 2.75) is 39.7 Å². The minimum atomic E-state index is -0.0448. The molecule has 148 valence electrons. The molecule has 0 bridgehead atoms. The van der Waals surface area contributed by atoms with E-state index in [-0.39, 0.29) is 18.1 Å². The molecule has 1 N–H and O–H groups in total.